The van der Waals surface area contributed by atoms with E-state index in [1.54, 1.807) is 7.11 Å². The molecule has 0 radical (unpaired) electrons. The second-order valence-electron chi connectivity index (χ2n) is 8.60. The number of nitrogens with zero attached hydrogens (tertiary/aromatic N) is 4. The number of carbonyl (C=O) groups is 1. The quantitative estimate of drug-likeness (QED) is 0.781. The van der Waals surface area contributed by atoms with Crippen LogP contribution in [0.5, 0.6) is 0 Å². The molecule has 1 saturated carbocycles. The summed E-state index contributed by atoms with van der Waals surface area (Å²) >= 11 is 0. The lowest BCUT2D eigenvalue weighted by atomic mass is 9.75. The Hall–Kier alpha value is -1.40. The van der Waals surface area contributed by atoms with Crippen LogP contribution in [0.1, 0.15) is 57.2 Å². The molecule has 26 heavy (non-hydrogen) atoms. The van der Waals surface area contributed by atoms with Crippen molar-refractivity contribution in [3.05, 3.63) is 18.2 Å². The zero-order valence-corrected chi connectivity index (χ0v) is 16.4. The van der Waals surface area contributed by atoms with Crippen molar-refractivity contribution in [2.75, 3.05) is 39.9 Å². The molecule has 2 unspecified atom stereocenters. The van der Waals surface area contributed by atoms with Crippen LogP contribution in [-0.4, -0.2) is 71.2 Å². The summed E-state index contributed by atoms with van der Waals surface area (Å²) in [6.45, 7) is 8.38. The average molecular weight is 361 g/mol. The molecule has 6 nitrogen and oxygen atoms in total. The first kappa shape index (κ1) is 18.0. The number of likely N-dealkylation sites (tertiary alicyclic amines) is 2. The minimum absolute atomic E-state index is 0.211. The van der Waals surface area contributed by atoms with E-state index < -0.39 is 0 Å². The van der Waals surface area contributed by atoms with Crippen molar-refractivity contribution in [2.45, 2.75) is 57.5 Å². The van der Waals surface area contributed by atoms with Crippen molar-refractivity contribution < 1.29 is 9.53 Å². The fraction of sp³-hybridized carbons (Fsp3) is 0.800. The molecule has 2 atom stereocenters. The Morgan fingerprint density at radius 2 is 2.19 bits per heavy atom. The minimum atomic E-state index is -0.292. The molecule has 1 aromatic heterocycles. The highest BCUT2D eigenvalue weighted by atomic mass is 16.5. The van der Waals surface area contributed by atoms with Crippen molar-refractivity contribution in [3.8, 4) is 0 Å². The lowest BCUT2D eigenvalue weighted by Gasteiger charge is -2.35. The number of carbonyl (C=O) groups excluding carboxylic acids is 1. The topological polar surface area (TPSA) is 50.6 Å². The summed E-state index contributed by atoms with van der Waals surface area (Å²) < 4.78 is 7.37. The fourth-order valence-electron chi connectivity index (χ4n) is 4.91. The van der Waals surface area contributed by atoms with Crippen molar-refractivity contribution >= 4 is 5.91 Å². The van der Waals surface area contributed by atoms with Crippen molar-refractivity contribution in [2.24, 2.45) is 5.41 Å². The molecule has 1 spiro atoms. The molecule has 1 amide bonds. The van der Waals surface area contributed by atoms with E-state index in [0.717, 1.165) is 31.7 Å². The van der Waals surface area contributed by atoms with Gasteiger partial charge in [-0.1, -0.05) is 6.42 Å². The number of imidazole rings is 1. The molecule has 3 aliphatic rings. The summed E-state index contributed by atoms with van der Waals surface area (Å²) in [5.74, 6) is 0.531. The molecule has 3 fully saturated rings. The van der Waals surface area contributed by atoms with Crippen LogP contribution in [0.15, 0.2) is 12.5 Å². The van der Waals surface area contributed by atoms with E-state index in [1.807, 2.05) is 11.2 Å². The maximum absolute atomic E-state index is 13.4. The van der Waals surface area contributed by atoms with Gasteiger partial charge in [0.25, 0.3) is 0 Å². The van der Waals surface area contributed by atoms with Gasteiger partial charge in [-0.25, -0.2) is 4.98 Å². The molecule has 2 aliphatic heterocycles. The second kappa shape index (κ2) is 6.97. The molecule has 2 saturated heterocycles. The number of aromatic nitrogens is 2. The fourth-order valence-corrected chi connectivity index (χ4v) is 4.91. The molecule has 6 heteroatoms. The minimum Gasteiger partial charge on any atom is -0.383 e. The Kier molecular flexibility index (Phi) is 4.82. The van der Waals surface area contributed by atoms with Crippen LogP contribution >= 0.6 is 0 Å². The van der Waals surface area contributed by atoms with Gasteiger partial charge in [0, 0.05) is 57.5 Å². The number of ether oxygens (including phenoxy) is 1. The molecule has 0 bridgehead atoms. The summed E-state index contributed by atoms with van der Waals surface area (Å²) in [7, 11) is 1.70. The van der Waals surface area contributed by atoms with E-state index in [9.17, 15) is 4.79 Å². The van der Waals surface area contributed by atoms with Gasteiger partial charge < -0.3 is 14.2 Å². The highest BCUT2D eigenvalue weighted by Crippen LogP contribution is 2.51. The number of methoxy groups -OCH3 is 1. The normalized spacial score (nSPS) is 30.1. The van der Waals surface area contributed by atoms with Gasteiger partial charge in [0.1, 0.15) is 0 Å². The highest BCUT2D eigenvalue weighted by molar-refractivity contribution is 5.86. The third-order valence-corrected chi connectivity index (χ3v) is 6.84. The number of rotatable bonds is 6. The van der Waals surface area contributed by atoms with Gasteiger partial charge in [0.2, 0.25) is 5.91 Å². The monoisotopic (exact) mass is 360 g/mol. The lowest BCUT2D eigenvalue weighted by molar-refractivity contribution is -0.136. The summed E-state index contributed by atoms with van der Waals surface area (Å²) in [6.07, 6.45) is 8.94. The van der Waals surface area contributed by atoms with Gasteiger partial charge in [0.05, 0.1) is 24.0 Å². The van der Waals surface area contributed by atoms with Gasteiger partial charge >= 0.3 is 0 Å². The Morgan fingerprint density at radius 1 is 1.38 bits per heavy atom. The maximum atomic E-state index is 13.4. The first-order chi connectivity index (χ1) is 12.5. The molecular formula is C20H32N4O2. The van der Waals surface area contributed by atoms with E-state index in [-0.39, 0.29) is 11.3 Å². The van der Waals surface area contributed by atoms with Crippen LogP contribution in [-0.2, 0) is 9.53 Å². The SMILES string of the molecule is COCCN1CCC2(CN(C3CCC3)CC2c2cn(C(C)C)cn2)C1=O. The van der Waals surface area contributed by atoms with Gasteiger partial charge in [-0.15, -0.1) is 0 Å². The Balaban J connectivity index is 1.61. The first-order valence-electron chi connectivity index (χ1n) is 10.1. The molecule has 1 aliphatic carbocycles. The van der Waals surface area contributed by atoms with E-state index in [4.69, 9.17) is 9.72 Å². The Labute approximate surface area is 156 Å². The van der Waals surface area contributed by atoms with Gasteiger partial charge in [-0.05, 0) is 33.1 Å². The summed E-state index contributed by atoms with van der Waals surface area (Å²) in [5.41, 5.74) is 0.807. The molecule has 0 N–H and O–H groups in total. The van der Waals surface area contributed by atoms with Crippen molar-refractivity contribution in [1.29, 1.82) is 0 Å². The number of hydrogen-bond donors (Lipinski definition) is 0. The van der Waals surface area contributed by atoms with Gasteiger partial charge in [-0.2, -0.15) is 0 Å². The van der Waals surface area contributed by atoms with E-state index in [0.29, 0.717) is 31.1 Å². The van der Waals surface area contributed by atoms with Crippen molar-refractivity contribution in [3.63, 3.8) is 0 Å². The molecule has 144 valence electrons. The average Bonchev–Trinajstić information content (AvgIpc) is 3.25. The summed E-state index contributed by atoms with van der Waals surface area (Å²) in [4.78, 5) is 22.8. The van der Waals surface area contributed by atoms with Crippen LogP contribution in [0.3, 0.4) is 0 Å². The Morgan fingerprint density at radius 3 is 2.81 bits per heavy atom. The first-order valence-corrected chi connectivity index (χ1v) is 10.1. The standard InChI is InChI=1S/C20H32N4O2/c1-15(2)24-12-18(21-14-24)17-11-23(16-5-4-6-16)13-20(17)7-8-22(19(20)25)9-10-26-3/h12,14-17H,4-11,13H2,1-3H3. The molecule has 0 aromatic carbocycles. The molecule has 3 heterocycles. The van der Waals surface area contributed by atoms with Crippen LogP contribution in [0.2, 0.25) is 0 Å². The molecule has 1 aromatic rings. The lowest BCUT2D eigenvalue weighted by Crippen LogP contribution is -2.43. The van der Waals surface area contributed by atoms with Crippen LogP contribution < -0.4 is 0 Å². The van der Waals surface area contributed by atoms with E-state index in [1.165, 1.54) is 19.3 Å². The third kappa shape index (κ3) is 2.87. The smallest absolute Gasteiger partial charge is 0.230 e. The van der Waals surface area contributed by atoms with E-state index >= 15 is 0 Å². The van der Waals surface area contributed by atoms with Crippen LogP contribution in [0, 0.1) is 5.41 Å². The van der Waals surface area contributed by atoms with Gasteiger partial charge in [-0.3, -0.25) is 9.69 Å². The third-order valence-electron chi connectivity index (χ3n) is 6.84. The Bertz CT molecular complexity index is 654. The predicted molar refractivity (Wildman–Crippen MR) is 100 cm³/mol. The predicted octanol–water partition coefficient (Wildman–Crippen LogP) is 2.28. The maximum Gasteiger partial charge on any atom is 0.230 e. The van der Waals surface area contributed by atoms with Crippen LogP contribution in [0.25, 0.3) is 0 Å². The zero-order chi connectivity index (χ0) is 18.3. The molecule has 4 rings (SSSR count). The van der Waals surface area contributed by atoms with Crippen LogP contribution in [0.4, 0.5) is 0 Å². The van der Waals surface area contributed by atoms with Crippen molar-refractivity contribution in [1.82, 2.24) is 19.4 Å². The van der Waals surface area contributed by atoms with Gasteiger partial charge in [0.15, 0.2) is 0 Å². The zero-order valence-electron chi connectivity index (χ0n) is 16.4. The largest absolute Gasteiger partial charge is 0.383 e. The number of hydrogen-bond acceptors (Lipinski definition) is 4. The molecular weight excluding hydrogens is 328 g/mol. The summed E-state index contributed by atoms with van der Waals surface area (Å²) in [6, 6.07) is 1.07. The second-order valence-corrected chi connectivity index (χ2v) is 8.60. The summed E-state index contributed by atoms with van der Waals surface area (Å²) in [5, 5.41) is 0. The van der Waals surface area contributed by atoms with E-state index in [2.05, 4.69) is 29.5 Å². The highest BCUT2D eigenvalue weighted by Gasteiger charge is 2.58. The number of amides is 1.